The van der Waals surface area contributed by atoms with Gasteiger partial charge in [-0.25, -0.2) is 9.78 Å². The minimum Gasteiger partial charge on any atom is -0.228 e. The third-order valence-corrected chi connectivity index (χ3v) is 3.09. The Labute approximate surface area is 97.6 Å². The van der Waals surface area contributed by atoms with E-state index >= 15 is 0 Å². The lowest BCUT2D eigenvalue weighted by Crippen LogP contribution is -2.05. The molecule has 1 saturated carbocycles. The molecule has 16 heavy (non-hydrogen) atoms. The van der Waals surface area contributed by atoms with Crippen LogP contribution in [0.15, 0.2) is 36.0 Å². The minimum atomic E-state index is 0.221. The van der Waals surface area contributed by atoms with E-state index in [0.29, 0.717) is 0 Å². The monoisotopic (exact) mass is 220 g/mol. The molecule has 0 aromatic carbocycles. The van der Waals surface area contributed by atoms with Crippen LogP contribution < -0.4 is 0 Å². The Morgan fingerprint density at radius 2 is 1.88 bits per heavy atom. The smallest absolute Gasteiger partial charge is 0.117 e. The van der Waals surface area contributed by atoms with Crippen LogP contribution in [0.5, 0.6) is 0 Å². The summed E-state index contributed by atoms with van der Waals surface area (Å²) in [5.74, 6) is 0. The molecule has 1 aliphatic heterocycles. The molecule has 0 amide bonds. The quantitative estimate of drug-likeness (QED) is 0.399. The van der Waals surface area contributed by atoms with E-state index in [1.54, 1.807) is 0 Å². The molecule has 0 aromatic heterocycles. The topological polar surface area (TPSA) is 18.5 Å². The lowest BCUT2D eigenvalue weighted by molar-refractivity contribution is -0.315. The summed E-state index contributed by atoms with van der Waals surface area (Å²) in [5, 5.41) is 0. The summed E-state index contributed by atoms with van der Waals surface area (Å²) in [6.45, 7) is 2.21. The highest BCUT2D eigenvalue weighted by Gasteiger charge is 2.39. The van der Waals surface area contributed by atoms with Gasteiger partial charge >= 0.3 is 0 Å². The molecule has 2 fully saturated rings. The molecule has 88 valence electrons. The van der Waals surface area contributed by atoms with Crippen LogP contribution in [0, 0.1) is 0 Å². The summed E-state index contributed by atoms with van der Waals surface area (Å²) < 4.78 is 0. The van der Waals surface area contributed by atoms with E-state index in [1.165, 1.54) is 24.8 Å². The number of hydrogen-bond donors (Lipinski definition) is 0. The highest BCUT2D eigenvalue weighted by molar-refractivity contribution is 5.27. The lowest BCUT2D eigenvalue weighted by atomic mass is 10.1. The fraction of sp³-hybridized carbons (Fsp3) is 0.571. The molecule has 2 bridgehead atoms. The standard InChI is InChI=1S/C14H20O2/c1-2-3-4-5-6-7-8-9-12-13-10-11-14(12)16-15-13/h5-9,13-14H,2-4,10-11H2,1H3/b6-5+,8-7+,12-9?/t13-,14+. The number of unbranched alkanes of at least 4 members (excludes halogenated alkanes) is 2. The SMILES string of the molecule is CCCC/C=C/C=C/C=C1[C@@H]2CC[C@H]1OO2. The highest BCUT2D eigenvalue weighted by Crippen LogP contribution is 2.37. The molecular formula is C14H20O2. The van der Waals surface area contributed by atoms with E-state index in [0.717, 1.165) is 12.8 Å². The third kappa shape index (κ3) is 2.83. The van der Waals surface area contributed by atoms with E-state index < -0.39 is 0 Å². The predicted octanol–water partition coefficient (Wildman–Crippen LogP) is 3.71. The lowest BCUT2D eigenvalue weighted by Gasteiger charge is -2.05. The Morgan fingerprint density at radius 1 is 1.12 bits per heavy atom. The first kappa shape index (κ1) is 11.6. The molecule has 1 heterocycles. The number of hydrogen-bond acceptors (Lipinski definition) is 2. The van der Waals surface area contributed by atoms with Crippen molar-refractivity contribution >= 4 is 0 Å². The fourth-order valence-corrected chi connectivity index (χ4v) is 2.13. The van der Waals surface area contributed by atoms with E-state index in [9.17, 15) is 0 Å². The van der Waals surface area contributed by atoms with Crippen LogP contribution in [0.2, 0.25) is 0 Å². The van der Waals surface area contributed by atoms with Crippen molar-refractivity contribution in [3.63, 3.8) is 0 Å². The van der Waals surface area contributed by atoms with Gasteiger partial charge in [0.1, 0.15) is 12.2 Å². The van der Waals surface area contributed by atoms with Crippen molar-refractivity contribution in [2.24, 2.45) is 0 Å². The highest BCUT2D eigenvalue weighted by atomic mass is 17.2. The van der Waals surface area contributed by atoms with Crippen molar-refractivity contribution in [3.8, 4) is 0 Å². The van der Waals surface area contributed by atoms with Crippen LogP contribution in [0.3, 0.4) is 0 Å². The van der Waals surface area contributed by atoms with Crippen molar-refractivity contribution < 1.29 is 9.78 Å². The van der Waals surface area contributed by atoms with E-state index in [-0.39, 0.29) is 12.2 Å². The Balaban J connectivity index is 1.76. The molecule has 2 heteroatoms. The normalized spacial score (nSPS) is 31.4. The molecule has 2 rings (SSSR count). The average molecular weight is 220 g/mol. The molecule has 2 nitrogen and oxygen atoms in total. The first-order valence-electron chi connectivity index (χ1n) is 6.27. The van der Waals surface area contributed by atoms with Gasteiger partial charge in [0, 0.05) is 0 Å². The number of rotatable bonds is 5. The Morgan fingerprint density at radius 3 is 2.50 bits per heavy atom. The first-order valence-corrected chi connectivity index (χ1v) is 6.27. The van der Waals surface area contributed by atoms with Crippen molar-refractivity contribution in [3.05, 3.63) is 36.0 Å². The van der Waals surface area contributed by atoms with Gasteiger partial charge in [0.15, 0.2) is 0 Å². The minimum absolute atomic E-state index is 0.221. The van der Waals surface area contributed by atoms with Gasteiger partial charge < -0.3 is 0 Å². The van der Waals surface area contributed by atoms with E-state index in [1.807, 2.05) is 0 Å². The molecule has 0 spiro atoms. The second kappa shape index (κ2) is 6.02. The van der Waals surface area contributed by atoms with Gasteiger partial charge in [0.2, 0.25) is 0 Å². The Bertz CT molecular complexity index is 280. The van der Waals surface area contributed by atoms with Gasteiger partial charge in [-0.1, -0.05) is 50.1 Å². The zero-order chi connectivity index (χ0) is 11.2. The molecule has 0 unspecified atom stereocenters. The predicted molar refractivity (Wildman–Crippen MR) is 64.9 cm³/mol. The van der Waals surface area contributed by atoms with Gasteiger partial charge in [-0.15, -0.1) is 0 Å². The summed E-state index contributed by atoms with van der Waals surface area (Å²) >= 11 is 0. The molecule has 0 radical (unpaired) electrons. The van der Waals surface area contributed by atoms with Gasteiger partial charge in [0.05, 0.1) is 0 Å². The summed E-state index contributed by atoms with van der Waals surface area (Å²) in [6, 6.07) is 0. The van der Waals surface area contributed by atoms with Crippen LogP contribution >= 0.6 is 0 Å². The van der Waals surface area contributed by atoms with Crippen molar-refractivity contribution in [1.82, 2.24) is 0 Å². The van der Waals surface area contributed by atoms with Gasteiger partial charge in [-0.05, 0) is 24.8 Å². The molecule has 1 aliphatic carbocycles. The molecule has 0 N–H and O–H groups in total. The van der Waals surface area contributed by atoms with E-state index in [4.69, 9.17) is 9.78 Å². The van der Waals surface area contributed by atoms with Crippen molar-refractivity contribution in [1.29, 1.82) is 0 Å². The van der Waals surface area contributed by atoms with Crippen molar-refractivity contribution in [2.75, 3.05) is 0 Å². The fourth-order valence-electron chi connectivity index (χ4n) is 2.13. The summed E-state index contributed by atoms with van der Waals surface area (Å²) in [5.41, 5.74) is 1.30. The second-order valence-electron chi connectivity index (χ2n) is 4.37. The largest absolute Gasteiger partial charge is 0.228 e. The zero-order valence-electron chi connectivity index (χ0n) is 9.89. The maximum absolute atomic E-state index is 5.15. The van der Waals surface area contributed by atoms with Crippen LogP contribution in [-0.2, 0) is 9.78 Å². The molecule has 0 aromatic rings. The van der Waals surface area contributed by atoms with Gasteiger partial charge in [0.25, 0.3) is 0 Å². The maximum Gasteiger partial charge on any atom is 0.117 e. The van der Waals surface area contributed by atoms with Gasteiger partial charge in [-0.2, -0.15) is 0 Å². The molecule has 2 atom stereocenters. The summed E-state index contributed by atoms with van der Waals surface area (Å²) in [7, 11) is 0. The molecule has 2 aliphatic rings. The average Bonchev–Trinajstić information content (AvgIpc) is 2.87. The van der Waals surface area contributed by atoms with Crippen LogP contribution in [0.4, 0.5) is 0 Å². The number of allylic oxidation sites excluding steroid dienone is 5. The van der Waals surface area contributed by atoms with Crippen LogP contribution in [-0.4, -0.2) is 12.2 Å². The van der Waals surface area contributed by atoms with E-state index in [2.05, 4.69) is 37.3 Å². The maximum atomic E-state index is 5.15. The van der Waals surface area contributed by atoms with Gasteiger partial charge in [-0.3, -0.25) is 0 Å². The number of fused-ring (bicyclic) bond motifs is 2. The van der Waals surface area contributed by atoms with Crippen LogP contribution in [0.1, 0.15) is 39.0 Å². The van der Waals surface area contributed by atoms with Crippen LogP contribution in [0.25, 0.3) is 0 Å². The zero-order valence-corrected chi connectivity index (χ0v) is 9.89. The van der Waals surface area contributed by atoms with Crippen molar-refractivity contribution in [2.45, 2.75) is 51.2 Å². The first-order chi connectivity index (χ1) is 7.92. The Kier molecular flexibility index (Phi) is 4.37. The third-order valence-electron chi connectivity index (χ3n) is 3.09. The molecular weight excluding hydrogens is 200 g/mol. The Hall–Kier alpha value is -0.860. The molecule has 1 saturated heterocycles. The summed E-state index contributed by atoms with van der Waals surface area (Å²) in [6.07, 6.45) is 17.0. The second-order valence-corrected chi connectivity index (χ2v) is 4.37. The summed E-state index contributed by atoms with van der Waals surface area (Å²) in [4.78, 5) is 10.3.